The van der Waals surface area contributed by atoms with Crippen LogP contribution in [0.4, 0.5) is 0 Å². The number of carbonyl (C=O) groups excluding carboxylic acids is 2. The zero-order chi connectivity index (χ0) is 26.8. The molecule has 0 saturated carbocycles. The molecule has 0 amide bonds. The van der Waals surface area contributed by atoms with Crippen LogP contribution in [0.1, 0.15) is 75.8 Å². The van der Waals surface area contributed by atoms with Crippen molar-refractivity contribution in [1.29, 1.82) is 0 Å². The summed E-state index contributed by atoms with van der Waals surface area (Å²) in [6.07, 6.45) is -4.59. The lowest BCUT2D eigenvalue weighted by Gasteiger charge is -2.43. The molecule has 1 saturated heterocycles. The fourth-order valence-electron chi connectivity index (χ4n) is 5.66. The van der Waals surface area contributed by atoms with Gasteiger partial charge in [0.2, 0.25) is 5.78 Å². The largest absolute Gasteiger partial charge is 0.507 e. The van der Waals surface area contributed by atoms with Crippen LogP contribution < -0.4 is 10.5 Å². The zero-order valence-electron chi connectivity index (χ0n) is 20.8. The summed E-state index contributed by atoms with van der Waals surface area (Å²) in [5.41, 5.74) is 5.08. The third kappa shape index (κ3) is 4.04. The monoisotopic (exact) mass is 513 g/mol. The van der Waals surface area contributed by atoms with Gasteiger partial charge in [0.15, 0.2) is 12.1 Å². The number of aliphatic hydroxyl groups excluding tert-OH is 2. The predicted octanol–water partition coefficient (Wildman–Crippen LogP) is 1.12. The number of methoxy groups -OCH3 is 1. The van der Waals surface area contributed by atoms with Crippen molar-refractivity contribution in [2.24, 2.45) is 5.73 Å². The minimum Gasteiger partial charge on any atom is -0.507 e. The fraction of sp³-hybridized carbons (Fsp3) is 0.481. The van der Waals surface area contributed by atoms with Crippen molar-refractivity contribution in [3.8, 4) is 11.5 Å². The summed E-state index contributed by atoms with van der Waals surface area (Å²) < 4.78 is 17.3. The van der Waals surface area contributed by atoms with Gasteiger partial charge in [-0.1, -0.05) is 12.1 Å². The molecule has 198 valence electrons. The Hall–Kier alpha value is -2.86. The van der Waals surface area contributed by atoms with Crippen LogP contribution >= 0.6 is 0 Å². The molecule has 2 aromatic rings. The van der Waals surface area contributed by atoms with Crippen LogP contribution in [0.5, 0.6) is 11.5 Å². The lowest BCUT2D eigenvalue weighted by Crippen LogP contribution is -2.53. The molecule has 37 heavy (non-hydrogen) atoms. The van der Waals surface area contributed by atoms with Gasteiger partial charge >= 0.3 is 0 Å². The number of rotatable bonds is 4. The van der Waals surface area contributed by atoms with Crippen LogP contribution in [-0.2, 0) is 15.9 Å². The van der Waals surface area contributed by atoms with Crippen LogP contribution in [-0.4, -0.2) is 75.3 Å². The molecule has 6 N–H and O–H groups in total. The Bertz CT molecular complexity index is 1260. The molecule has 2 aliphatic carbocycles. The normalized spacial score (nSPS) is 31.8. The first-order chi connectivity index (χ1) is 17.5. The number of hydrogen-bond acceptors (Lipinski definition) is 10. The molecule has 1 aliphatic heterocycles. The lowest BCUT2D eigenvalue weighted by molar-refractivity contribution is -0.250. The number of phenols is 1. The molecule has 0 radical (unpaired) electrons. The molecular weight excluding hydrogens is 482 g/mol. The van der Waals surface area contributed by atoms with Gasteiger partial charge in [-0.3, -0.25) is 9.59 Å². The van der Waals surface area contributed by atoms with Gasteiger partial charge < -0.3 is 40.4 Å². The van der Waals surface area contributed by atoms with Crippen LogP contribution in [0.25, 0.3) is 0 Å². The Morgan fingerprint density at radius 1 is 1.19 bits per heavy atom. The van der Waals surface area contributed by atoms with E-state index < -0.39 is 59.7 Å². The number of aromatic hydroxyl groups is 1. The Balaban J connectivity index is 1.63. The van der Waals surface area contributed by atoms with Crippen molar-refractivity contribution in [2.45, 2.75) is 75.5 Å². The molecule has 5 unspecified atom stereocenters. The Morgan fingerprint density at radius 3 is 2.57 bits per heavy atom. The summed E-state index contributed by atoms with van der Waals surface area (Å²) in [5.74, 6) is -1.24. The second kappa shape index (κ2) is 9.16. The quantitative estimate of drug-likeness (QED) is 0.341. The maximum atomic E-state index is 13.6. The highest BCUT2D eigenvalue weighted by Gasteiger charge is 2.47. The number of ketones is 2. The minimum atomic E-state index is -1.64. The Morgan fingerprint density at radius 2 is 1.92 bits per heavy atom. The summed E-state index contributed by atoms with van der Waals surface area (Å²) >= 11 is 0. The lowest BCUT2D eigenvalue weighted by atomic mass is 9.72. The average Bonchev–Trinajstić information content (AvgIpc) is 2.84. The van der Waals surface area contributed by atoms with Crippen LogP contribution in [0.2, 0.25) is 0 Å². The zero-order valence-corrected chi connectivity index (χ0v) is 20.8. The van der Waals surface area contributed by atoms with Gasteiger partial charge in [-0.15, -0.1) is 0 Å². The molecule has 10 nitrogen and oxygen atoms in total. The summed E-state index contributed by atoms with van der Waals surface area (Å²) in [6, 6.07) is 5.56. The minimum absolute atomic E-state index is 0.00304. The van der Waals surface area contributed by atoms with Crippen molar-refractivity contribution >= 4 is 11.6 Å². The van der Waals surface area contributed by atoms with Crippen molar-refractivity contribution in [2.75, 3.05) is 7.11 Å². The van der Waals surface area contributed by atoms with E-state index in [1.807, 2.05) is 0 Å². The first-order valence-electron chi connectivity index (χ1n) is 12.3. The highest BCUT2D eigenvalue weighted by Crippen LogP contribution is 2.49. The summed E-state index contributed by atoms with van der Waals surface area (Å²) in [5, 5.41) is 43.3. The summed E-state index contributed by atoms with van der Waals surface area (Å²) in [7, 11) is 1.39. The van der Waals surface area contributed by atoms with Gasteiger partial charge in [0, 0.05) is 42.0 Å². The second-order valence-electron chi connectivity index (χ2n) is 10.2. The molecule has 3 aliphatic rings. The van der Waals surface area contributed by atoms with Gasteiger partial charge in [-0.05, 0) is 31.5 Å². The van der Waals surface area contributed by atoms with E-state index >= 15 is 0 Å². The van der Waals surface area contributed by atoms with Gasteiger partial charge in [0.1, 0.15) is 11.5 Å². The highest BCUT2D eigenvalue weighted by molar-refractivity contribution is 6.30. The van der Waals surface area contributed by atoms with Gasteiger partial charge in [-0.2, -0.15) is 0 Å². The third-order valence-electron chi connectivity index (χ3n) is 7.82. The first kappa shape index (κ1) is 25.8. The maximum absolute atomic E-state index is 13.6. The molecule has 7 atom stereocenters. The van der Waals surface area contributed by atoms with E-state index in [0.29, 0.717) is 5.56 Å². The second-order valence-corrected chi connectivity index (χ2v) is 10.2. The van der Waals surface area contributed by atoms with Crippen LogP contribution in [0, 0.1) is 0 Å². The number of hydrogen-bond donors (Lipinski definition) is 5. The van der Waals surface area contributed by atoms with E-state index in [4.69, 9.17) is 19.9 Å². The topological polar surface area (TPSA) is 169 Å². The van der Waals surface area contributed by atoms with E-state index in [1.54, 1.807) is 19.1 Å². The number of phenolic OH excluding ortho intramolecular Hbond substituents is 1. The first-order valence-corrected chi connectivity index (χ1v) is 12.3. The summed E-state index contributed by atoms with van der Waals surface area (Å²) in [6.45, 7) is 3.10. The van der Waals surface area contributed by atoms with E-state index in [2.05, 4.69) is 0 Å². The van der Waals surface area contributed by atoms with E-state index in [-0.39, 0.29) is 52.8 Å². The van der Waals surface area contributed by atoms with Crippen LogP contribution in [0.15, 0.2) is 24.3 Å². The molecule has 5 rings (SSSR count). The van der Waals surface area contributed by atoms with E-state index in [0.717, 1.165) is 0 Å². The van der Waals surface area contributed by atoms with Crippen LogP contribution in [0.3, 0.4) is 0 Å². The standard InChI is InChI=1S/C27H31NO9/c1-11-23(30)16(28)8-19(36-11)37-18-10-27(34,12(2)29)9-13-7-15-22(25(32)20(13)18)26(33)21-14(24(15)31)5-4-6-17(21)35-3/h4-7,11-12,16,18-19,23,29-30,32,34H,8-10,28H2,1-3H3/t11?,12?,16?,18-,19?,23?,27-/m0/s1. The molecule has 1 heterocycles. The van der Waals surface area contributed by atoms with Gasteiger partial charge in [0.25, 0.3) is 0 Å². The molecular formula is C27H31NO9. The molecule has 2 aromatic carbocycles. The predicted molar refractivity (Wildman–Crippen MR) is 130 cm³/mol. The number of carbonyl (C=O) groups is 2. The highest BCUT2D eigenvalue weighted by atomic mass is 16.7. The number of aliphatic hydroxyl groups is 3. The van der Waals surface area contributed by atoms with Crippen molar-refractivity contribution in [1.82, 2.24) is 0 Å². The molecule has 0 bridgehead atoms. The SMILES string of the molecule is COc1cccc2c1C(=O)c1c(cc3c(c1O)[C@@H](OC1CC(N)C(O)C(C)O1)C[C@](O)(C(C)O)C3)C2=O. The van der Waals surface area contributed by atoms with E-state index in [1.165, 1.54) is 26.2 Å². The Labute approximate surface area is 213 Å². The van der Waals surface area contributed by atoms with Gasteiger partial charge in [-0.25, -0.2) is 0 Å². The number of fused-ring (bicyclic) bond motifs is 3. The molecule has 0 aromatic heterocycles. The number of nitrogens with two attached hydrogens (primary N) is 1. The van der Waals surface area contributed by atoms with Crippen molar-refractivity contribution in [3.05, 3.63) is 57.6 Å². The Kier molecular flexibility index (Phi) is 6.38. The summed E-state index contributed by atoms with van der Waals surface area (Å²) in [4.78, 5) is 27.0. The molecule has 0 spiro atoms. The van der Waals surface area contributed by atoms with Gasteiger partial charge in [0.05, 0.1) is 48.3 Å². The third-order valence-corrected chi connectivity index (χ3v) is 7.82. The fourth-order valence-corrected chi connectivity index (χ4v) is 5.66. The average molecular weight is 514 g/mol. The number of ether oxygens (including phenoxy) is 3. The molecule has 10 heteroatoms. The maximum Gasteiger partial charge on any atom is 0.201 e. The van der Waals surface area contributed by atoms with Crippen molar-refractivity contribution in [3.63, 3.8) is 0 Å². The van der Waals surface area contributed by atoms with Crippen molar-refractivity contribution < 1.29 is 44.2 Å². The van der Waals surface area contributed by atoms with E-state index in [9.17, 15) is 30.0 Å². The smallest absolute Gasteiger partial charge is 0.201 e. The molecule has 1 fully saturated rings. The number of benzene rings is 2.